The Morgan fingerprint density at radius 1 is 0.833 bits per heavy atom. The quantitative estimate of drug-likeness (QED) is 0.710. The lowest BCUT2D eigenvalue weighted by atomic mass is 10.2. The van der Waals surface area contributed by atoms with Crippen LogP contribution in [-0.2, 0) is 7.05 Å². The summed E-state index contributed by atoms with van der Waals surface area (Å²) < 4.78 is 1.78. The van der Waals surface area contributed by atoms with Gasteiger partial charge >= 0.3 is 0 Å². The molecule has 0 aliphatic rings. The van der Waals surface area contributed by atoms with E-state index in [1.54, 1.807) is 11.0 Å². The van der Waals surface area contributed by atoms with Crippen LogP contribution in [0, 0.1) is 13.8 Å². The van der Waals surface area contributed by atoms with Crippen LogP contribution in [0.25, 0.3) is 11.0 Å². The van der Waals surface area contributed by atoms with E-state index in [2.05, 4.69) is 15.1 Å². The van der Waals surface area contributed by atoms with Gasteiger partial charge in [0, 0.05) is 7.05 Å². The van der Waals surface area contributed by atoms with E-state index in [9.17, 15) is 0 Å². The molecule has 104 valence electrons. The molecule has 0 bridgehead atoms. The maximum absolute atomic E-state index is 4.27. The number of hydrogen-bond acceptors (Lipinski definition) is 3. The van der Waals surface area contributed by atoms with Crippen LogP contribution in [0.5, 0.6) is 0 Å². The molecule has 0 aromatic carbocycles. The number of rotatable bonds is 0. The standard InChI is InChI=1S/C8H10N4.3C2H6/c1-5-7-6(2)11-12(3)8(7)10-4-9-5;3*1-2/h4H,1-3H3;3*1-2H3. The van der Waals surface area contributed by atoms with Crippen molar-refractivity contribution in [1.82, 2.24) is 19.7 Å². The van der Waals surface area contributed by atoms with E-state index in [0.29, 0.717) is 0 Å². The van der Waals surface area contributed by atoms with Crippen molar-refractivity contribution in [3.8, 4) is 0 Å². The largest absolute Gasteiger partial charge is 0.250 e. The highest BCUT2D eigenvalue weighted by Gasteiger charge is 2.07. The Bertz CT molecular complexity index is 433. The van der Waals surface area contributed by atoms with E-state index >= 15 is 0 Å². The van der Waals surface area contributed by atoms with Crippen molar-refractivity contribution in [2.75, 3.05) is 0 Å². The monoisotopic (exact) mass is 252 g/mol. The fraction of sp³-hybridized carbons (Fsp3) is 0.643. The normalized spacial score (nSPS) is 8.28. The van der Waals surface area contributed by atoms with Gasteiger partial charge in [-0.25, -0.2) is 9.97 Å². The summed E-state index contributed by atoms with van der Waals surface area (Å²) in [7, 11) is 1.89. The highest BCUT2D eigenvalue weighted by Crippen LogP contribution is 2.16. The van der Waals surface area contributed by atoms with E-state index in [4.69, 9.17) is 0 Å². The third-order valence-corrected chi connectivity index (χ3v) is 1.99. The molecule has 2 aromatic heterocycles. The smallest absolute Gasteiger partial charge is 0.161 e. The van der Waals surface area contributed by atoms with Gasteiger partial charge in [-0.15, -0.1) is 0 Å². The van der Waals surface area contributed by atoms with E-state index < -0.39 is 0 Å². The molecular weight excluding hydrogens is 224 g/mol. The highest BCUT2D eigenvalue weighted by molar-refractivity contribution is 5.80. The molecule has 0 amide bonds. The van der Waals surface area contributed by atoms with Gasteiger partial charge < -0.3 is 0 Å². The summed E-state index contributed by atoms with van der Waals surface area (Å²) in [5.74, 6) is 0. The molecule has 0 aliphatic carbocycles. The van der Waals surface area contributed by atoms with Gasteiger partial charge in [-0.05, 0) is 13.8 Å². The van der Waals surface area contributed by atoms with Crippen molar-refractivity contribution in [1.29, 1.82) is 0 Å². The lowest BCUT2D eigenvalue weighted by Gasteiger charge is -1.93. The van der Waals surface area contributed by atoms with Gasteiger partial charge in [0.25, 0.3) is 0 Å². The Morgan fingerprint density at radius 3 is 1.78 bits per heavy atom. The van der Waals surface area contributed by atoms with E-state index in [-0.39, 0.29) is 0 Å². The minimum absolute atomic E-state index is 0.903. The van der Waals surface area contributed by atoms with Crippen molar-refractivity contribution < 1.29 is 0 Å². The zero-order valence-electron chi connectivity index (χ0n) is 13.4. The SMILES string of the molecule is CC.CC.CC.Cc1ncnc2c1c(C)nn2C. The number of hydrogen-bond donors (Lipinski definition) is 0. The summed E-state index contributed by atoms with van der Waals surface area (Å²) >= 11 is 0. The number of nitrogens with zero attached hydrogens (tertiary/aromatic N) is 4. The summed E-state index contributed by atoms with van der Waals surface area (Å²) in [6.45, 7) is 15.9. The van der Waals surface area contributed by atoms with E-state index in [0.717, 1.165) is 22.4 Å². The van der Waals surface area contributed by atoms with Crippen LogP contribution >= 0.6 is 0 Å². The van der Waals surface area contributed by atoms with Crippen LogP contribution in [-0.4, -0.2) is 19.7 Å². The maximum atomic E-state index is 4.27. The van der Waals surface area contributed by atoms with Gasteiger partial charge in [0.2, 0.25) is 0 Å². The molecule has 4 nitrogen and oxygen atoms in total. The molecule has 2 rings (SSSR count). The number of aromatic nitrogens is 4. The average molecular weight is 252 g/mol. The van der Waals surface area contributed by atoms with E-state index in [1.807, 2.05) is 62.4 Å². The molecule has 0 unspecified atom stereocenters. The maximum Gasteiger partial charge on any atom is 0.161 e. The second-order valence-electron chi connectivity index (χ2n) is 2.87. The Hall–Kier alpha value is -1.45. The summed E-state index contributed by atoms with van der Waals surface area (Å²) in [6.07, 6.45) is 1.57. The number of fused-ring (bicyclic) bond motifs is 1. The van der Waals surface area contributed by atoms with Crippen LogP contribution in [0.15, 0.2) is 6.33 Å². The zero-order valence-corrected chi connectivity index (χ0v) is 13.4. The first-order valence-electron chi connectivity index (χ1n) is 6.81. The second-order valence-corrected chi connectivity index (χ2v) is 2.87. The minimum atomic E-state index is 0.903. The topological polar surface area (TPSA) is 43.6 Å². The first-order chi connectivity index (χ1) is 8.70. The molecule has 0 aliphatic heterocycles. The zero-order chi connectivity index (χ0) is 14.7. The lowest BCUT2D eigenvalue weighted by Crippen LogP contribution is -1.92. The van der Waals surface area contributed by atoms with Gasteiger partial charge in [-0.1, -0.05) is 41.5 Å². The lowest BCUT2D eigenvalue weighted by molar-refractivity contribution is 0.773. The van der Waals surface area contributed by atoms with Gasteiger partial charge in [0.15, 0.2) is 5.65 Å². The Morgan fingerprint density at radius 2 is 1.33 bits per heavy atom. The first-order valence-corrected chi connectivity index (χ1v) is 6.81. The third-order valence-electron chi connectivity index (χ3n) is 1.99. The van der Waals surface area contributed by atoms with E-state index in [1.165, 1.54) is 0 Å². The van der Waals surface area contributed by atoms with Gasteiger partial charge in [-0.3, -0.25) is 4.68 Å². The van der Waals surface area contributed by atoms with Gasteiger partial charge in [-0.2, -0.15) is 5.10 Å². The molecule has 0 fully saturated rings. The van der Waals surface area contributed by atoms with Crippen LogP contribution in [0.3, 0.4) is 0 Å². The fourth-order valence-electron chi connectivity index (χ4n) is 1.45. The molecule has 2 aromatic rings. The first kappa shape index (κ1) is 18.9. The predicted octanol–water partition coefficient (Wildman–Crippen LogP) is 4.06. The van der Waals surface area contributed by atoms with Crippen molar-refractivity contribution >= 4 is 11.0 Å². The Labute approximate surface area is 111 Å². The second kappa shape index (κ2) is 10.7. The van der Waals surface area contributed by atoms with Crippen LogP contribution in [0.1, 0.15) is 52.9 Å². The van der Waals surface area contributed by atoms with Crippen LogP contribution in [0.4, 0.5) is 0 Å². The van der Waals surface area contributed by atoms with Crippen molar-refractivity contribution in [2.45, 2.75) is 55.4 Å². The van der Waals surface area contributed by atoms with Gasteiger partial charge in [0.1, 0.15) is 6.33 Å². The molecule has 0 spiro atoms. The molecule has 0 saturated carbocycles. The Kier molecular flexibility index (Phi) is 11.2. The highest BCUT2D eigenvalue weighted by atomic mass is 15.3. The third kappa shape index (κ3) is 4.43. The molecule has 2 heterocycles. The minimum Gasteiger partial charge on any atom is -0.250 e. The molecule has 0 atom stereocenters. The summed E-state index contributed by atoms with van der Waals surface area (Å²) in [5.41, 5.74) is 2.89. The van der Waals surface area contributed by atoms with Gasteiger partial charge in [0.05, 0.1) is 16.8 Å². The summed E-state index contributed by atoms with van der Waals surface area (Å²) in [5, 5.41) is 5.33. The number of aryl methyl sites for hydroxylation is 3. The van der Waals surface area contributed by atoms with Crippen molar-refractivity contribution in [3.05, 3.63) is 17.7 Å². The predicted molar refractivity (Wildman–Crippen MR) is 79.8 cm³/mol. The average Bonchev–Trinajstić information content (AvgIpc) is 2.73. The fourth-order valence-corrected chi connectivity index (χ4v) is 1.45. The molecule has 0 radical (unpaired) electrons. The summed E-state index contributed by atoms with van der Waals surface area (Å²) in [6, 6.07) is 0. The van der Waals surface area contributed by atoms with Crippen molar-refractivity contribution in [2.24, 2.45) is 7.05 Å². The molecule has 0 N–H and O–H groups in total. The van der Waals surface area contributed by atoms with Crippen LogP contribution in [0.2, 0.25) is 0 Å². The molecular formula is C14H28N4. The Balaban J connectivity index is 0. The summed E-state index contributed by atoms with van der Waals surface area (Å²) in [4.78, 5) is 8.27. The molecule has 0 saturated heterocycles. The van der Waals surface area contributed by atoms with Crippen molar-refractivity contribution in [3.63, 3.8) is 0 Å². The van der Waals surface area contributed by atoms with Crippen LogP contribution < -0.4 is 0 Å². The molecule has 18 heavy (non-hydrogen) atoms. The molecule has 4 heteroatoms.